The van der Waals surface area contributed by atoms with E-state index < -0.39 is 10.9 Å². The highest BCUT2D eigenvalue weighted by Crippen LogP contribution is 2.23. The fraction of sp³-hybridized carbons (Fsp3) is 0.154. The Morgan fingerprint density at radius 1 is 1.50 bits per heavy atom. The zero-order valence-corrected chi connectivity index (χ0v) is 12.2. The van der Waals surface area contributed by atoms with E-state index in [2.05, 4.69) is 15.3 Å². The van der Waals surface area contributed by atoms with Crippen molar-refractivity contribution in [2.24, 2.45) is 0 Å². The number of carbonyl (C=O) groups is 1. The summed E-state index contributed by atoms with van der Waals surface area (Å²) >= 11 is 5.72. The van der Waals surface area contributed by atoms with Crippen molar-refractivity contribution >= 4 is 34.8 Å². The molecule has 0 saturated carbocycles. The average molecular weight is 323 g/mol. The fourth-order valence-corrected chi connectivity index (χ4v) is 1.78. The maximum Gasteiger partial charge on any atom is 0.343 e. The average Bonchev–Trinajstić information content (AvgIpc) is 2.48. The van der Waals surface area contributed by atoms with Crippen LogP contribution in [0.3, 0.4) is 0 Å². The summed E-state index contributed by atoms with van der Waals surface area (Å²) < 4.78 is 4.90. The minimum atomic E-state index is -0.618. The van der Waals surface area contributed by atoms with Gasteiger partial charge in [-0.15, -0.1) is 0 Å². The molecule has 1 N–H and O–H groups in total. The van der Waals surface area contributed by atoms with E-state index in [1.54, 1.807) is 13.0 Å². The summed E-state index contributed by atoms with van der Waals surface area (Å²) in [7, 11) is 0. The number of rotatable bonds is 5. The molecule has 22 heavy (non-hydrogen) atoms. The lowest BCUT2D eigenvalue weighted by Gasteiger charge is -2.10. The number of esters is 1. The minimum absolute atomic E-state index is 0.0685. The summed E-state index contributed by atoms with van der Waals surface area (Å²) in [5, 5.41) is 13.5. The molecule has 1 heterocycles. The SMILES string of the molecule is CCOC(=O)c1cnc(Cl)nc1Nc1cccc([N+](=O)[O-])c1. The lowest BCUT2D eigenvalue weighted by molar-refractivity contribution is -0.384. The van der Waals surface area contributed by atoms with Crippen LogP contribution in [0.15, 0.2) is 30.5 Å². The third-order valence-electron chi connectivity index (χ3n) is 2.57. The summed E-state index contributed by atoms with van der Waals surface area (Å²) in [5.41, 5.74) is 0.370. The maximum absolute atomic E-state index is 11.8. The Morgan fingerprint density at radius 2 is 2.27 bits per heavy atom. The van der Waals surface area contributed by atoms with Crippen LogP contribution in [0, 0.1) is 10.1 Å². The molecular weight excluding hydrogens is 312 g/mol. The summed E-state index contributed by atoms with van der Waals surface area (Å²) in [6.07, 6.45) is 1.23. The molecule has 114 valence electrons. The zero-order valence-electron chi connectivity index (χ0n) is 11.4. The van der Waals surface area contributed by atoms with E-state index in [9.17, 15) is 14.9 Å². The number of anilines is 2. The predicted octanol–water partition coefficient (Wildman–Crippen LogP) is 2.96. The van der Waals surface area contributed by atoms with Crippen LogP contribution in [-0.4, -0.2) is 27.5 Å². The molecule has 0 aliphatic carbocycles. The summed E-state index contributed by atoms with van der Waals surface area (Å²) in [5.74, 6) is -0.508. The van der Waals surface area contributed by atoms with Crippen molar-refractivity contribution < 1.29 is 14.5 Å². The monoisotopic (exact) mass is 322 g/mol. The van der Waals surface area contributed by atoms with Crippen LogP contribution < -0.4 is 5.32 Å². The van der Waals surface area contributed by atoms with Crippen molar-refractivity contribution in [3.05, 3.63) is 51.4 Å². The molecule has 1 aromatic carbocycles. The van der Waals surface area contributed by atoms with Gasteiger partial charge in [-0.25, -0.2) is 9.78 Å². The van der Waals surface area contributed by atoms with Gasteiger partial charge in [-0.05, 0) is 24.6 Å². The molecular formula is C13H11ClN4O4. The third kappa shape index (κ3) is 3.67. The van der Waals surface area contributed by atoms with E-state index in [0.717, 1.165) is 0 Å². The molecule has 0 atom stereocenters. The molecule has 2 rings (SSSR count). The van der Waals surface area contributed by atoms with Gasteiger partial charge in [0.25, 0.3) is 5.69 Å². The highest BCUT2D eigenvalue weighted by atomic mass is 35.5. The Kier molecular flexibility index (Phi) is 4.84. The van der Waals surface area contributed by atoms with Gasteiger partial charge in [0.2, 0.25) is 5.28 Å². The largest absolute Gasteiger partial charge is 0.462 e. The predicted molar refractivity (Wildman–Crippen MR) is 79.4 cm³/mol. The van der Waals surface area contributed by atoms with Crippen molar-refractivity contribution in [2.75, 3.05) is 11.9 Å². The molecule has 0 fully saturated rings. The summed E-state index contributed by atoms with van der Waals surface area (Å²) in [6, 6.07) is 5.76. The molecule has 1 aromatic heterocycles. The van der Waals surface area contributed by atoms with Crippen molar-refractivity contribution in [2.45, 2.75) is 6.92 Å². The summed E-state index contributed by atoms with van der Waals surface area (Å²) in [6.45, 7) is 1.86. The highest BCUT2D eigenvalue weighted by Gasteiger charge is 2.16. The van der Waals surface area contributed by atoms with Crippen LogP contribution in [0.5, 0.6) is 0 Å². The maximum atomic E-state index is 11.8. The van der Waals surface area contributed by atoms with Crippen molar-refractivity contribution in [3.8, 4) is 0 Å². The molecule has 8 nitrogen and oxygen atoms in total. The first-order valence-electron chi connectivity index (χ1n) is 6.22. The van der Waals surface area contributed by atoms with E-state index in [1.165, 1.54) is 24.4 Å². The second-order valence-corrected chi connectivity index (χ2v) is 4.39. The smallest absolute Gasteiger partial charge is 0.343 e. The van der Waals surface area contributed by atoms with Gasteiger partial charge in [-0.3, -0.25) is 10.1 Å². The Labute approximate surface area is 130 Å². The molecule has 0 aliphatic heterocycles. The number of hydrogen-bond donors (Lipinski definition) is 1. The molecule has 2 aromatic rings. The van der Waals surface area contributed by atoms with Gasteiger partial charge in [-0.2, -0.15) is 4.98 Å². The third-order valence-corrected chi connectivity index (χ3v) is 2.76. The molecule has 0 bridgehead atoms. The Morgan fingerprint density at radius 3 is 2.95 bits per heavy atom. The number of benzene rings is 1. The Balaban J connectivity index is 2.36. The van der Waals surface area contributed by atoms with Gasteiger partial charge in [0, 0.05) is 24.0 Å². The number of nitrogens with one attached hydrogen (secondary N) is 1. The number of nitrogens with zero attached hydrogens (tertiary/aromatic N) is 3. The molecule has 0 radical (unpaired) electrons. The van der Waals surface area contributed by atoms with Gasteiger partial charge in [0.15, 0.2) is 0 Å². The van der Waals surface area contributed by atoms with E-state index in [1.807, 2.05) is 0 Å². The number of non-ortho nitro benzene ring substituents is 1. The number of nitro groups is 1. The first-order valence-corrected chi connectivity index (χ1v) is 6.60. The molecule has 9 heteroatoms. The second-order valence-electron chi connectivity index (χ2n) is 4.05. The van der Waals surface area contributed by atoms with Crippen LogP contribution >= 0.6 is 11.6 Å². The van der Waals surface area contributed by atoms with E-state index >= 15 is 0 Å². The highest BCUT2D eigenvalue weighted by molar-refractivity contribution is 6.28. The zero-order chi connectivity index (χ0) is 16.1. The Bertz CT molecular complexity index is 723. The number of aromatic nitrogens is 2. The van der Waals surface area contributed by atoms with Crippen LogP contribution in [0.4, 0.5) is 17.2 Å². The number of hydrogen-bond acceptors (Lipinski definition) is 7. The lowest BCUT2D eigenvalue weighted by Crippen LogP contribution is -2.10. The van der Waals surface area contributed by atoms with Crippen LogP contribution in [-0.2, 0) is 4.74 Å². The molecule has 0 unspecified atom stereocenters. The van der Waals surface area contributed by atoms with Crippen LogP contribution in [0.2, 0.25) is 5.28 Å². The van der Waals surface area contributed by atoms with Gasteiger partial charge >= 0.3 is 5.97 Å². The number of ether oxygens (including phenoxy) is 1. The van der Waals surface area contributed by atoms with Crippen molar-refractivity contribution in [1.29, 1.82) is 0 Å². The van der Waals surface area contributed by atoms with Gasteiger partial charge in [0.1, 0.15) is 11.4 Å². The first-order chi connectivity index (χ1) is 10.5. The summed E-state index contributed by atoms with van der Waals surface area (Å²) in [4.78, 5) is 29.8. The number of nitro benzene ring substituents is 1. The van der Waals surface area contributed by atoms with Gasteiger partial charge in [0.05, 0.1) is 11.5 Å². The minimum Gasteiger partial charge on any atom is -0.462 e. The fourth-order valence-electron chi connectivity index (χ4n) is 1.65. The van der Waals surface area contributed by atoms with Crippen molar-refractivity contribution in [3.63, 3.8) is 0 Å². The quantitative estimate of drug-likeness (QED) is 0.390. The standard InChI is InChI=1S/C13H11ClN4O4/c1-2-22-12(19)10-7-15-13(14)17-11(10)16-8-4-3-5-9(6-8)18(20)21/h3-7H,2H2,1H3,(H,15,16,17). The number of carbonyl (C=O) groups excluding carboxylic acids is 1. The number of halogens is 1. The first kappa shape index (κ1) is 15.6. The lowest BCUT2D eigenvalue weighted by atomic mass is 10.2. The van der Waals surface area contributed by atoms with Crippen LogP contribution in [0.25, 0.3) is 0 Å². The van der Waals surface area contributed by atoms with E-state index in [4.69, 9.17) is 16.3 Å². The topological polar surface area (TPSA) is 107 Å². The van der Waals surface area contributed by atoms with Crippen molar-refractivity contribution in [1.82, 2.24) is 9.97 Å². The van der Waals surface area contributed by atoms with Crippen LogP contribution in [0.1, 0.15) is 17.3 Å². The molecule has 0 saturated heterocycles. The molecule has 0 spiro atoms. The van der Waals surface area contributed by atoms with Gasteiger partial charge < -0.3 is 10.1 Å². The molecule has 0 amide bonds. The Hall–Kier alpha value is -2.74. The molecule has 0 aliphatic rings. The van der Waals surface area contributed by atoms with E-state index in [0.29, 0.717) is 5.69 Å². The normalized spacial score (nSPS) is 10.1. The van der Waals surface area contributed by atoms with E-state index in [-0.39, 0.29) is 29.0 Å². The second kappa shape index (κ2) is 6.81. The van der Waals surface area contributed by atoms with Gasteiger partial charge in [-0.1, -0.05) is 6.07 Å².